The summed E-state index contributed by atoms with van der Waals surface area (Å²) >= 11 is 0. The fourth-order valence-electron chi connectivity index (χ4n) is 2.93. The summed E-state index contributed by atoms with van der Waals surface area (Å²) in [6.07, 6.45) is 0.996. The van der Waals surface area contributed by atoms with Crippen molar-refractivity contribution in [3.63, 3.8) is 0 Å². The van der Waals surface area contributed by atoms with E-state index in [1.165, 1.54) is 5.69 Å². The van der Waals surface area contributed by atoms with Crippen LogP contribution in [0.2, 0.25) is 0 Å². The highest BCUT2D eigenvalue weighted by Gasteiger charge is 2.52. The molecular weight excluding hydrogens is 203 g/mol. The fourth-order valence-corrected chi connectivity index (χ4v) is 2.93. The molecule has 0 unspecified atom stereocenters. The summed E-state index contributed by atoms with van der Waals surface area (Å²) in [6.45, 7) is 2.64. The highest BCUT2D eigenvalue weighted by atomic mass is 19.1. The predicted octanol–water partition coefficient (Wildman–Crippen LogP) is 2.08. The van der Waals surface area contributed by atoms with Crippen molar-refractivity contribution < 1.29 is 4.39 Å². The normalized spacial score (nSPS) is 23.0. The second-order valence-electron chi connectivity index (χ2n) is 5.23. The molecule has 3 heteroatoms. The Morgan fingerprint density at radius 2 is 1.88 bits per heavy atom. The monoisotopic (exact) mass is 220 g/mol. The lowest BCUT2D eigenvalue weighted by molar-refractivity contribution is 0.000859. The fraction of sp³-hybridized carbons (Fsp3) is 0.538. The third kappa shape index (κ3) is 1.50. The minimum Gasteiger partial charge on any atom is -0.370 e. The van der Waals surface area contributed by atoms with Crippen LogP contribution in [-0.2, 0) is 6.54 Å². The van der Waals surface area contributed by atoms with Crippen LogP contribution in [0.3, 0.4) is 0 Å². The summed E-state index contributed by atoms with van der Waals surface area (Å²) in [4.78, 5) is 2.33. The molecule has 1 aliphatic heterocycles. The molecule has 0 aromatic heterocycles. The van der Waals surface area contributed by atoms with E-state index in [4.69, 9.17) is 5.73 Å². The standard InChI is InChI=1S/C13H17FN2/c14-11-5-13(6-11)8-16(9-13)12-3-1-10(7-15)2-4-12/h1-4,11H,5-9,15H2. The van der Waals surface area contributed by atoms with Crippen molar-refractivity contribution >= 4 is 5.69 Å². The Hall–Kier alpha value is -1.09. The summed E-state index contributed by atoms with van der Waals surface area (Å²) in [6, 6.07) is 8.36. The van der Waals surface area contributed by atoms with Crippen LogP contribution in [0.15, 0.2) is 24.3 Å². The maximum Gasteiger partial charge on any atom is 0.101 e. The first-order valence-electron chi connectivity index (χ1n) is 5.89. The number of rotatable bonds is 2. The van der Waals surface area contributed by atoms with E-state index >= 15 is 0 Å². The molecule has 2 nitrogen and oxygen atoms in total. The molecular formula is C13H17FN2. The number of nitrogens with two attached hydrogens (primary N) is 1. The van der Waals surface area contributed by atoms with Gasteiger partial charge in [-0.05, 0) is 30.5 Å². The Bertz CT molecular complexity index is 373. The first-order chi connectivity index (χ1) is 7.71. The lowest BCUT2D eigenvalue weighted by atomic mass is 9.62. The molecule has 0 amide bonds. The zero-order valence-corrected chi connectivity index (χ0v) is 9.32. The maximum absolute atomic E-state index is 12.8. The van der Waals surface area contributed by atoms with Crippen molar-refractivity contribution in [2.45, 2.75) is 25.6 Å². The molecule has 1 heterocycles. The SMILES string of the molecule is NCc1ccc(N2CC3(CC(F)C3)C2)cc1. The molecule has 1 aliphatic carbocycles. The van der Waals surface area contributed by atoms with Crippen molar-refractivity contribution in [1.82, 2.24) is 0 Å². The van der Waals surface area contributed by atoms with E-state index in [0.717, 1.165) is 31.5 Å². The summed E-state index contributed by atoms with van der Waals surface area (Å²) in [5, 5.41) is 0. The smallest absolute Gasteiger partial charge is 0.101 e. The summed E-state index contributed by atoms with van der Waals surface area (Å²) in [5.74, 6) is 0. The van der Waals surface area contributed by atoms with Crippen molar-refractivity contribution in [3.05, 3.63) is 29.8 Å². The number of benzene rings is 1. The van der Waals surface area contributed by atoms with Gasteiger partial charge in [0.15, 0.2) is 0 Å². The van der Waals surface area contributed by atoms with Gasteiger partial charge in [0.05, 0.1) is 0 Å². The van der Waals surface area contributed by atoms with Crippen LogP contribution in [0.1, 0.15) is 18.4 Å². The highest BCUT2D eigenvalue weighted by molar-refractivity contribution is 5.51. The Morgan fingerprint density at radius 1 is 1.25 bits per heavy atom. The van der Waals surface area contributed by atoms with Gasteiger partial charge in [-0.25, -0.2) is 4.39 Å². The largest absolute Gasteiger partial charge is 0.370 e. The van der Waals surface area contributed by atoms with Gasteiger partial charge >= 0.3 is 0 Å². The molecule has 1 saturated heterocycles. The van der Waals surface area contributed by atoms with E-state index in [-0.39, 0.29) is 0 Å². The Kier molecular flexibility index (Phi) is 2.18. The molecule has 1 saturated carbocycles. The number of nitrogens with zero attached hydrogens (tertiary/aromatic N) is 1. The predicted molar refractivity (Wildman–Crippen MR) is 63.1 cm³/mol. The van der Waals surface area contributed by atoms with Crippen molar-refractivity contribution in [2.24, 2.45) is 11.1 Å². The quantitative estimate of drug-likeness (QED) is 0.827. The van der Waals surface area contributed by atoms with Gasteiger partial charge in [0.2, 0.25) is 0 Å². The van der Waals surface area contributed by atoms with Gasteiger partial charge in [0, 0.05) is 30.7 Å². The van der Waals surface area contributed by atoms with E-state index in [1.54, 1.807) is 0 Å². The first-order valence-corrected chi connectivity index (χ1v) is 5.89. The molecule has 1 spiro atoms. The molecule has 2 fully saturated rings. The highest BCUT2D eigenvalue weighted by Crippen LogP contribution is 2.50. The van der Waals surface area contributed by atoms with Gasteiger partial charge in [0.1, 0.15) is 6.17 Å². The Balaban J connectivity index is 1.63. The van der Waals surface area contributed by atoms with Crippen LogP contribution >= 0.6 is 0 Å². The van der Waals surface area contributed by atoms with Gasteiger partial charge in [-0.2, -0.15) is 0 Å². The number of hydrogen-bond acceptors (Lipinski definition) is 2. The van der Waals surface area contributed by atoms with Crippen LogP contribution in [0.5, 0.6) is 0 Å². The van der Waals surface area contributed by atoms with Gasteiger partial charge in [-0.3, -0.25) is 0 Å². The Labute approximate surface area is 95.2 Å². The lowest BCUT2D eigenvalue weighted by Crippen LogP contribution is -2.63. The van der Waals surface area contributed by atoms with Gasteiger partial charge in [-0.1, -0.05) is 12.1 Å². The average Bonchev–Trinajstić information content (AvgIpc) is 2.22. The summed E-state index contributed by atoms with van der Waals surface area (Å²) in [5.41, 5.74) is 8.27. The minimum atomic E-state index is -0.540. The number of halogens is 1. The second-order valence-corrected chi connectivity index (χ2v) is 5.23. The molecule has 1 aromatic carbocycles. The van der Waals surface area contributed by atoms with Crippen molar-refractivity contribution in [3.8, 4) is 0 Å². The molecule has 86 valence electrons. The van der Waals surface area contributed by atoms with Gasteiger partial charge in [0.25, 0.3) is 0 Å². The first kappa shape index (κ1) is 10.1. The van der Waals surface area contributed by atoms with Crippen molar-refractivity contribution in [1.29, 1.82) is 0 Å². The summed E-state index contributed by atoms with van der Waals surface area (Å²) in [7, 11) is 0. The zero-order chi connectivity index (χ0) is 11.2. The van der Waals surface area contributed by atoms with Crippen LogP contribution in [-0.4, -0.2) is 19.3 Å². The number of alkyl halides is 1. The van der Waals surface area contributed by atoms with Crippen LogP contribution in [0.25, 0.3) is 0 Å². The third-order valence-electron chi connectivity index (χ3n) is 3.90. The topological polar surface area (TPSA) is 29.3 Å². The van der Waals surface area contributed by atoms with Crippen LogP contribution < -0.4 is 10.6 Å². The molecule has 0 atom stereocenters. The molecule has 1 aromatic rings. The van der Waals surface area contributed by atoms with Crippen LogP contribution in [0, 0.1) is 5.41 Å². The van der Waals surface area contributed by atoms with Crippen LogP contribution in [0.4, 0.5) is 10.1 Å². The summed E-state index contributed by atoms with van der Waals surface area (Å²) < 4.78 is 12.8. The zero-order valence-electron chi connectivity index (χ0n) is 9.32. The third-order valence-corrected chi connectivity index (χ3v) is 3.90. The molecule has 16 heavy (non-hydrogen) atoms. The van der Waals surface area contributed by atoms with E-state index in [0.29, 0.717) is 12.0 Å². The van der Waals surface area contributed by atoms with Gasteiger partial charge in [-0.15, -0.1) is 0 Å². The van der Waals surface area contributed by atoms with E-state index in [1.807, 2.05) is 0 Å². The molecule has 3 rings (SSSR count). The molecule has 0 bridgehead atoms. The van der Waals surface area contributed by atoms with E-state index in [9.17, 15) is 4.39 Å². The van der Waals surface area contributed by atoms with Gasteiger partial charge < -0.3 is 10.6 Å². The number of hydrogen-bond donors (Lipinski definition) is 1. The average molecular weight is 220 g/mol. The van der Waals surface area contributed by atoms with E-state index in [2.05, 4.69) is 29.2 Å². The minimum absolute atomic E-state index is 0.311. The molecule has 2 aliphatic rings. The molecule has 0 radical (unpaired) electrons. The molecule has 2 N–H and O–H groups in total. The maximum atomic E-state index is 12.8. The van der Waals surface area contributed by atoms with E-state index < -0.39 is 6.17 Å². The lowest BCUT2D eigenvalue weighted by Gasteiger charge is -2.58. The number of anilines is 1. The van der Waals surface area contributed by atoms with Crippen molar-refractivity contribution in [2.75, 3.05) is 18.0 Å². The second kappa shape index (κ2) is 3.45. The Morgan fingerprint density at radius 3 is 2.38 bits per heavy atom.